The molecule has 0 radical (unpaired) electrons. The molecule has 0 aliphatic carbocycles. The summed E-state index contributed by atoms with van der Waals surface area (Å²) in [5.41, 5.74) is 0.331. The molecule has 72 heavy (non-hydrogen) atoms. The number of ether oxygens (including phenoxy) is 2. The third-order valence-electron chi connectivity index (χ3n) is 9.49. The van der Waals surface area contributed by atoms with Gasteiger partial charge in [0.25, 0.3) is 32.4 Å². The number of benzene rings is 3. The smallest absolute Gasteiger partial charge is 0.335 e. The van der Waals surface area contributed by atoms with Crippen molar-refractivity contribution in [2.24, 2.45) is 11.8 Å². The SMILES string of the molecule is CC(C)CCCCCCCOC=O.CC(C)CCCCCCCOC=O.CCCCCCCC.CCCCCCCC.O=C(O)c1ccccc1.O=CO.O=CO.O=CO.c1ccccc1.c1ccccc1. The second-order valence-corrected chi connectivity index (χ2v) is 17.0. The van der Waals surface area contributed by atoms with Gasteiger partial charge in [-0.1, -0.05) is 288 Å². The predicted molar refractivity (Wildman–Crippen MR) is 300 cm³/mol. The van der Waals surface area contributed by atoms with Gasteiger partial charge in [0.05, 0.1) is 18.8 Å². The van der Waals surface area contributed by atoms with Crippen LogP contribution in [0.2, 0.25) is 0 Å². The molecule has 0 heterocycles. The zero-order valence-corrected chi connectivity index (χ0v) is 46.3. The summed E-state index contributed by atoms with van der Waals surface area (Å²) in [5, 5.41) is 29.1. The lowest BCUT2D eigenvalue weighted by molar-refractivity contribution is -0.129. The molecule has 0 unspecified atom stereocenters. The van der Waals surface area contributed by atoms with E-state index in [1.54, 1.807) is 30.3 Å². The minimum atomic E-state index is -0.879. The van der Waals surface area contributed by atoms with Crippen LogP contribution < -0.4 is 0 Å². The van der Waals surface area contributed by atoms with E-state index in [2.05, 4.69) is 64.9 Å². The Kier molecular flexibility index (Phi) is 95.5. The molecule has 0 fully saturated rings. The average Bonchev–Trinajstić information content (AvgIpc) is 3.39. The second kappa shape index (κ2) is 85.3. The van der Waals surface area contributed by atoms with Crippen LogP contribution >= 0.6 is 0 Å². The molecule has 0 saturated heterocycles. The van der Waals surface area contributed by atoms with Gasteiger partial charge in [-0.15, -0.1) is 0 Å². The van der Waals surface area contributed by atoms with Crippen molar-refractivity contribution in [2.45, 2.75) is 209 Å². The average molecular weight is 1020 g/mol. The first-order chi connectivity index (χ1) is 34.9. The van der Waals surface area contributed by atoms with Crippen LogP contribution in [0.5, 0.6) is 0 Å². The molecule has 3 rings (SSSR count). The molecule has 0 aromatic heterocycles. The van der Waals surface area contributed by atoms with Gasteiger partial charge < -0.3 is 29.9 Å². The van der Waals surface area contributed by atoms with E-state index in [1.807, 2.05) is 72.8 Å². The maximum absolute atomic E-state index is 10.2. The number of carboxylic acids is 1. The summed E-state index contributed by atoms with van der Waals surface area (Å²) in [6.45, 7) is 19.6. The van der Waals surface area contributed by atoms with Crippen LogP contribution in [0.1, 0.15) is 220 Å². The van der Waals surface area contributed by atoms with Crippen LogP contribution in [0.4, 0.5) is 0 Å². The van der Waals surface area contributed by atoms with Gasteiger partial charge in [-0.05, 0) is 36.8 Å². The van der Waals surface area contributed by atoms with Gasteiger partial charge in [0.1, 0.15) is 0 Å². The normalized spacial score (nSPS) is 8.86. The standard InChI is InChI=1S/2C11H22O2.2C8H18.C7H6O2.2C6H6.3CH2O2/c2*1-11(2)8-6-4-3-5-7-9-13-10-12;2*1-3-5-7-8-6-4-2;8-7(9)6-4-2-1-3-5-6;2*1-2-4-6-5-3-1;3*2-1-3/h2*10-11H,3-9H2,1-2H3;2*3-8H2,1-2H3;1-5H,(H,8,9);2*1-6H;3*1H,(H,2,3). The Hall–Kier alpha value is -5.52. The highest BCUT2D eigenvalue weighted by atomic mass is 16.5. The van der Waals surface area contributed by atoms with E-state index < -0.39 is 5.97 Å². The first-order valence-electron chi connectivity index (χ1n) is 26.5. The molecule has 416 valence electrons. The molecule has 3 aromatic rings. The molecule has 0 aliphatic rings. The van der Waals surface area contributed by atoms with Crippen molar-refractivity contribution in [1.82, 2.24) is 0 Å². The molecule has 12 heteroatoms. The van der Waals surface area contributed by atoms with E-state index in [4.69, 9.17) is 34.8 Å². The van der Waals surface area contributed by atoms with Gasteiger partial charge in [0, 0.05) is 0 Å². The highest BCUT2D eigenvalue weighted by molar-refractivity contribution is 5.87. The molecule has 0 spiro atoms. The largest absolute Gasteiger partial charge is 0.483 e. The fraction of sp³-hybridized carbons (Fsp3) is 0.600. The van der Waals surface area contributed by atoms with E-state index in [1.165, 1.54) is 141 Å². The minimum absolute atomic E-state index is 0.250. The van der Waals surface area contributed by atoms with Gasteiger partial charge in [0.15, 0.2) is 0 Å². The molecule has 12 nitrogen and oxygen atoms in total. The Morgan fingerprint density at radius 2 is 0.597 bits per heavy atom. The highest BCUT2D eigenvalue weighted by Gasteiger charge is 1.97. The predicted octanol–water partition coefficient (Wildman–Crippen LogP) is 16.9. The zero-order valence-electron chi connectivity index (χ0n) is 46.3. The number of hydrogen-bond acceptors (Lipinski definition) is 8. The molecule has 3 aromatic carbocycles. The second-order valence-electron chi connectivity index (χ2n) is 17.0. The lowest BCUT2D eigenvalue weighted by Gasteiger charge is -2.03. The van der Waals surface area contributed by atoms with Crippen LogP contribution in [0, 0.1) is 11.8 Å². The topological polar surface area (TPSA) is 202 Å². The van der Waals surface area contributed by atoms with Gasteiger partial charge in [-0.2, -0.15) is 0 Å². The number of rotatable bonds is 29. The van der Waals surface area contributed by atoms with Crippen molar-refractivity contribution in [3.05, 3.63) is 109 Å². The van der Waals surface area contributed by atoms with Crippen LogP contribution in [0.3, 0.4) is 0 Å². The Bertz CT molecular complexity index is 1210. The fourth-order valence-corrected chi connectivity index (χ4v) is 5.69. The van der Waals surface area contributed by atoms with Crippen molar-refractivity contribution < 1.29 is 58.7 Å². The summed E-state index contributed by atoms with van der Waals surface area (Å²) in [6, 6.07) is 32.3. The van der Waals surface area contributed by atoms with Gasteiger partial charge in [-0.25, -0.2) is 4.79 Å². The Labute approximate surface area is 438 Å². The van der Waals surface area contributed by atoms with Crippen LogP contribution in [-0.4, -0.2) is 72.0 Å². The maximum atomic E-state index is 10.2. The lowest BCUT2D eigenvalue weighted by Crippen LogP contribution is -1.93. The summed E-state index contributed by atoms with van der Waals surface area (Å²) >= 11 is 0. The monoisotopic (exact) mass is 1020 g/mol. The molecule has 4 N–H and O–H groups in total. The molecule has 0 bridgehead atoms. The Balaban J connectivity index is -0.000000135. The van der Waals surface area contributed by atoms with E-state index in [9.17, 15) is 14.4 Å². The third kappa shape index (κ3) is 111. The number of carbonyl (C=O) groups is 6. The quantitative estimate of drug-likeness (QED) is 0.0379. The van der Waals surface area contributed by atoms with E-state index in [-0.39, 0.29) is 19.4 Å². The van der Waals surface area contributed by atoms with E-state index in [0.717, 1.165) is 24.7 Å². The molecule has 0 atom stereocenters. The minimum Gasteiger partial charge on any atom is -0.483 e. The summed E-state index contributed by atoms with van der Waals surface area (Å²) in [4.78, 5) is 54.9. The lowest BCUT2D eigenvalue weighted by atomic mass is 10.0. The number of carbonyl (C=O) groups excluding carboxylic acids is 2. The van der Waals surface area contributed by atoms with Gasteiger partial charge in [0.2, 0.25) is 0 Å². The zero-order chi connectivity index (χ0) is 55.7. The Morgan fingerprint density at radius 3 is 0.792 bits per heavy atom. The van der Waals surface area contributed by atoms with Crippen molar-refractivity contribution in [3.63, 3.8) is 0 Å². The number of unbranched alkanes of at least 4 members (excludes halogenated alkanes) is 18. The third-order valence-corrected chi connectivity index (χ3v) is 9.49. The number of carboxylic acid groups (broad SMARTS) is 4. The van der Waals surface area contributed by atoms with Gasteiger partial charge in [-0.3, -0.25) is 24.0 Å². The molecular weight excluding hydrogens is 913 g/mol. The van der Waals surface area contributed by atoms with Crippen molar-refractivity contribution in [2.75, 3.05) is 13.2 Å². The van der Waals surface area contributed by atoms with Crippen LogP contribution in [-0.2, 0) is 33.4 Å². The van der Waals surface area contributed by atoms with Crippen molar-refractivity contribution >= 4 is 38.3 Å². The van der Waals surface area contributed by atoms with Crippen molar-refractivity contribution in [1.29, 1.82) is 0 Å². The Morgan fingerprint density at radius 1 is 0.389 bits per heavy atom. The number of aromatic carboxylic acids is 1. The summed E-state index contributed by atoms with van der Waals surface area (Å²) in [7, 11) is 0. The molecule has 0 saturated carbocycles. The molecule has 0 aliphatic heterocycles. The van der Waals surface area contributed by atoms with Gasteiger partial charge >= 0.3 is 5.97 Å². The summed E-state index contributed by atoms with van der Waals surface area (Å²) in [6.07, 6.45) is 31.9. The summed E-state index contributed by atoms with van der Waals surface area (Å²) < 4.78 is 9.20. The fourth-order valence-electron chi connectivity index (χ4n) is 5.69. The maximum Gasteiger partial charge on any atom is 0.335 e. The molecular formula is C60H104O12. The van der Waals surface area contributed by atoms with E-state index >= 15 is 0 Å². The van der Waals surface area contributed by atoms with Crippen molar-refractivity contribution in [3.8, 4) is 0 Å². The number of hydrogen-bond donors (Lipinski definition) is 4. The molecule has 0 amide bonds. The highest BCUT2D eigenvalue weighted by Crippen LogP contribution is 2.11. The van der Waals surface area contributed by atoms with Crippen LogP contribution in [0.15, 0.2) is 103 Å². The summed E-state index contributed by atoms with van der Waals surface area (Å²) in [5.74, 6) is 0.785. The van der Waals surface area contributed by atoms with E-state index in [0.29, 0.717) is 31.7 Å². The first-order valence-corrected chi connectivity index (χ1v) is 26.5. The van der Waals surface area contributed by atoms with Crippen LogP contribution in [0.25, 0.3) is 0 Å². The first kappa shape index (κ1) is 80.6.